The Hall–Kier alpha value is -2.38. The van der Waals surface area contributed by atoms with Crippen molar-refractivity contribution < 1.29 is 4.79 Å². The third-order valence-corrected chi connectivity index (χ3v) is 5.26. The molecule has 0 saturated carbocycles. The lowest BCUT2D eigenvalue weighted by atomic mass is 10.0. The van der Waals surface area contributed by atoms with Crippen LogP contribution in [0.4, 0.5) is 5.69 Å². The highest BCUT2D eigenvalue weighted by molar-refractivity contribution is 8.00. The predicted octanol–water partition coefficient (Wildman–Crippen LogP) is 4.56. The number of rotatable bonds is 6. The van der Waals surface area contributed by atoms with E-state index in [1.807, 2.05) is 43.3 Å². The van der Waals surface area contributed by atoms with Crippen LogP contribution in [0, 0.1) is 0 Å². The number of nitrogens with one attached hydrogen (secondary N) is 1. The van der Waals surface area contributed by atoms with Crippen LogP contribution in [-0.4, -0.2) is 31.4 Å². The van der Waals surface area contributed by atoms with Gasteiger partial charge in [0.2, 0.25) is 11.1 Å². The lowest BCUT2D eigenvalue weighted by Crippen LogP contribution is -2.23. The van der Waals surface area contributed by atoms with Gasteiger partial charge in [0, 0.05) is 10.7 Å². The fourth-order valence-corrected chi connectivity index (χ4v) is 3.42. The number of halogens is 1. The Morgan fingerprint density at radius 3 is 2.56 bits per heavy atom. The number of benzene rings is 2. The average molecular weight is 402 g/mol. The van der Waals surface area contributed by atoms with Crippen LogP contribution in [0.1, 0.15) is 32.3 Å². The zero-order valence-electron chi connectivity index (χ0n) is 15.3. The fourth-order valence-electron chi connectivity index (χ4n) is 2.43. The highest BCUT2D eigenvalue weighted by Gasteiger charge is 2.19. The second-order valence-electron chi connectivity index (χ2n) is 6.38. The second-order valence-corrected chi connectivity index (χ2v) is 8.12. The van der Waals surface area contributed by atoms with E-state index in [1.165, 1.54) is 17.3 Å². The molecule has 0 saturated heterocycles. The maximum atomic E-state index is 12.5. The lowest BCUT2D eigenvalue weighted by molar-refractivity contribution is -0.115. The number of carbonyl (C=O) groups excluding carboxylic acids is 1. The van der Waals surface area contributed by atoms with Crippen molar-refractivity contribution in [3.8, 4) is 5.69 Å². The predicted molar refractivity (Wildman–Crippen MR) is 109 cm³/mol. The zero-order valence-corrected chi connectivity index (χ0v) is 16.8. The van der Waals surface area contributed by atoms with Gasteiger partial charge >= 0.3 is 0 Å². The summed E-state index contributed by atoms with van der Waals surface area (Å²) in [6, 6.07) is 15.1. The number of amides is 1. The molecule has 0 spiro atoms. The third-order valence-electron chi connectivity index (χ3n) is 3.99. The van der Waals surface area contributed by atoms with Crippen LogP contribution in [-0.2, 0) is 4.79 Å². The molecule has 0 aliphatic rings. The molecule has 8 heteroatoms. The van der Waals surface area contributed by atoms with Crippen molar-refractivity contribution in [1.29, 1.82) is 0 Å². The molecule has 0 fully saturated rings. The molecule has 3 rings (SSSR count). The molecule has 1 heterocycles. The van der Waals surface area contributed by atoms with Gasteiger partial charge < -0.3 is 5.32 Å². The van der Waals surface area contributed by atoms with Crippen molar-refractivity contribution in [3.63, 3.8) is 0 Å². The Labute approximate surface area is 167 Å². The van der Waals surface area contributed by atoms with Crippen LogP contribution in [0.2, 0.25) is 5.02 Å². The first-order chi connectivity index (χ1) is 12.9. The van der Waals surface area contributed by atoms with Gasteiger partial charge in [-0.3, -0.25) is 4.79 Å². The molecule has 140 valence electrons. The maximum Gasteiger partial charge on any atom is 0.237 e. The molecule has 1 amide bonds. The molecular formula is C19H20ClN5OS. The average Bonchev–Trinajstić information content (AvgIpc) is 3.10. The van der Waals surface area contributed by atoms with E-state index < -0.39 is 0 Å². The van der Waals surface area contributed by atoms with Gasteiger partial charge in [-0.05, 0) is 59.2 Å². The van der Waals surface area contributed by atoms with Gasteiger partial charge in [-0.25, -0.2) is 0 Å². The van der Waals surface area contributed by atoms with Crippen molar-refractivity contribution in [1.82, 2.24) is 20.2 Å². The van der Waals surface area contributed by atoms with Crippen molar-refractivity contribution in [3.05, 3.63) is 59.1 Å². The minimum absolute atomic E-state index is 0.113. The SMILES string of the molecule is CC(C)c1ccc(NC(=O)[C@H](C)Sc2nnnn2-c2cccc(Cl)c2)cc1. The van der Waals surface area contributed by atoms with E-state index in [9.17, 15) is 4.79 Å². The molecule has 0 radical (unpaired) electrons. The van der Waals surface area contributed by atoms with Gasteiger partial charge in [-0.2, -0.15) is 4.68 Å². The molecule has 0 aliphatic carbocycles. The normalized spacial score (nSPS) is 12.2. The zero-order chi connectivity index (χ0) is 19.4. The molecule has 1 aromatic heterocycles. The number of thioether (sulfide) groups is 1. The first-order valence-corrected chi connectivity index (χ1v) is 9.81. The highest BCUT2D eigenvalue weighted by atomic mass is 35.5. The van der Waals surface area contributed by atoms with E-state index in [-0.39, 0.29) is 11.2 Å². The molecule has 0 bridgehead atoms. The molecule has 6 nitrogen and oxygen atoms in total. The molecule has 1 atom stereocenters. The van der Waals surface area contributed by atoms with E-state index in [2.05, 4.69) is 34.7 Å². The Morgan fingerprint density at radius 1 is 1.15 bits per heavy atom. The maximum absolute atomic E-state index is 12.5. The summed E-state index contributed by atoms with van der Waals surface area (Å²) in [6.45, 7) is 6.09. The first kappa shape index (κ1) is 19.4. The van der Waals surface area contributed by atoms with Crippen LogP contribution in [0.25, 0.3) is 5.69 Å². The van der Waals surface area contributed by atoms with Crippen LogP contribution in [0.15, 0.2) is 53.7 Å². The topological polar surface area (TPSA) is 72.7 Å². The van der Waals surface area contributed by atoms with E-state index >= 15 is 0 Å². The second kappa shape index (κ2) is 8.54. The van der Waals surface area contributed by atoms with Gasteiger partial charge in [0.25, 0.3) is 0 Å². The summed E-state index contributed by atoms with van der Waals surface area (Å²) in [6.07, 6.45) is 0. The summed E-state index contributed by atoms with van der Waals surface area (Å²) in [7, 11) is 0. The summed E-state index contributed by atoms with van der Waals surface area (Å²) in [5.74, 6) is 0.340. The molecular weight excluding hydrogens is 382 g/mol. The number of anilines is 1. The number of hydrogen-bond acceptors (Lipinski definition) is 5. The van der Waals surface area contributed by atoms with E-state index in [4.69, 9.17) is 11.6 Å². The summed E-state index contributed by atoms with van der Waals surface area (Å²) < 4.78 is 1.57. The standard InChI is InChI=1S/C19H20ClN5OS/c1-12(2)14-7-9-16(10-8-14)21-18(26)13(3)27-19-22-23-24-25(19)17-6-4-5-15(20)11-17/h4-13H,1-3H3,(H,21,26)/t13-/m0/s1. The number of carbonyl (C=O) groups is 1. The number of aromatic nitrogens is 4. The number of tetrazole rings is 1. The highest BCUT2D eigenvalue weighted by Crippen LogP contribution is 2.25. The van der Waals surface area contributed by atoms with E-state index in [0.29, 0.717) is 16.1 Å². The monoisotopic (exact) mass is 401 g/mol. The van der Waals surface area contributed by atoms with Crippen molar-refractivity contribution in [2.45, 2.75) is 37.1 Å². The molecule has 27 heavy (non-hydrogen) atoms. The van der Waals surface area contributed by atoms with Gasteiger partial charge in [-0.15, -0.1) is 5.10 Å². The Morgan fingerprint density at radius 2 is 1.89 bits per heavy atom. The quantitative estimate of drug-likeness (QED) is 0.613. The van der Waals surface area contributed by atoms with Crippen LogP contribution in [0.3, 0.4) is 0 Å². The van der Waals surface area contributed by atoms with Gasteiger partial charge in [0.05, 0.1) is 10.9 Å². The minimum Gasteiger partial charge on any atom is -0.325 e. The van der Waals surface area contributed by atoms with Crippen molar-refractivity contribution in [2.75, 3.05) is 5.32 Å². The molecule has 1 N–H and O–H groups in total. The number of hydrogen-bond donors (Lipinski definition) is 1. The molecule has 3 aromatic rings. The molecule has 2 aromatic carbocycles. The van der Waals surface area contributed by atoms with Gasteiger partial charge in [-0.1, -0.05) is 55.4 Å². The fraction of sp³-hybridized carbons (Fsp3) is 0.263. The summed E-state index contributed by atoms with van der Waals surface area (Å²) in [5.41, 5.74) is 2.74. The minimum atomic E-state index is -0.376. The first-order valence-electron chi connectivity index (χ1n) is 8.56. The van der Waals surface area contributed by atoms with Gasteiger partial charge in [0.1, 0.15) is 0 Å². The van der Waals surface area contributed by atoms with Crippen molar-refractivity contribution >= 4 is 35.0 Å². The summed E-state index contributed by atoms with van der Waals surface area (Å²) in [5, 5.41) is 15.4. The van der Waals surface area contributed by atoms with E-state index in [0.717, 1.165) is 11.4 Å². The molecule has 0 unspecified atom stereocenters. The summed E-state index contributed by atoms with van der Waals surface area (Å²) >= 11 is 7.32. The lowest BCUT2D eigenvalue weighted by Gasteiger charge is -2.13. The smallest absolute Gasteiger partial charge is 0.237 e. The molecule has 0 aliphatic heterocycles. The Balaban J connectivity index is 1.68. The Bertz CT molecular complexity index is 926. The van der Waals surface area contributed by atoms with Crippen molar-refractivity contribution in [2.24, 2.45) is 0 Å². The van der Waals surface area contributed by atoms with Crippen LogP contribution in [0.5, 0.6) is 0 Å². The van der Waals surface area contributed by atoms with Crippen LogP contribution < -0.4 is 5.32 Å². The Kier molecular flexibility index (Phi) is 6.13. The largest absolute Gasteiger partial charge is 0.325 e. The van der Waals surface area contributed by atoms with Crippen LogP contribution >= 0.6 is 23.4 Å². The number of nitrogens with zero attached hydrogens (tertiary/aromatic N) is 4. The van der Waals surface area contributed by atoms with E-state index in [1.54, 1.807) is 16.8 Å². The third kappa shape index (κ3) is 4.87. The summed E-state index contributed by atoms with van der Waals surface area (Å²) in [4.78, 5) is 12.5. The van der Waals surface area contributed by atoms with Gasteiger partial charge in [0.15, 0.2) is 0 Å².